The van der Waals surface area contributed by atoms with Crippen LogP contribution in [-0.4, -0.2) is 17.5 Å². The zero-order valence-corrected chi connectivity index (χ0v) is 6.18. The monoisotopic (exact) mass is 142 g/mol. The lowest BCUT2D eigenvalue weighted by atomic mass is 10.0. The highest BCUT2D eigenvalue weighted by Crippen LogP contribution is 2.25. The Balaban J connectivity index is 2.25. The molecule has 0 saturated heterocycles. The summed E-state index contributed by atoms with van der Waals surface area (Å²) in [5.74, 6) is 0.548. The topological polar surface area (TPSA) is 37.3 Å². The highest BCUT2D eigenvalue weighted by Gasteiger charge is 2.21. The number of hydrogen-bond acceptors (Lipinski definition) is 2. The van der Waals surface area contributed by atoms with Gasteiger partial charge >= 0.3 is 0 Å². The van der Waals surface area contributed by atoms with Crippen molar-refractivity contribution >= 4 is 5.78 Å². The molecule has 0 atom stereocenters. The SMILES string of the molecule is O=C(CCO)C1CCCC1. The van der Waals surface area contributed by atoms with Gasteiger partial charge in [-0.1, -0.05) is 12.8 Å². The lowest BCUT2D eigenvalue weighted by molar-refractivity contribution is -0.123. The van der Waals surface area contributed by atoms with Crippen molar-refractivity contribution in [2.45, 2.75) is 32.1 Å². The average molecular weight is 142 g/mol. The van der Waals surface area contributed by atoms with Crippen LogP contribution in [-0.2, 0) is 4.79 Å². The summed E-state index contributed by atoms with van der Waals surface area (Å²) in [5, 5.41) is 8.48. The number of aliphatic hydroxyl groups is 1. The fraction of sp³-hybridized carbons (Fsp3) is 0.875. The second-order valence-electron chi connectivity index (χ2n) is 2.92. The van der Waals surface area contributed by atoms with E-state index in [1.807, 2.05) is 0 Å². The van der Waals surface area contributed by atoms with Crippen LogP contribution in [0.4, 0.5) is 0 Å². The first-order valence-electron chi connectivity index (χ1n) is 3.98. The molecular weight excluding hydrogens is 128 g/mol. The van der Waals surface area contributed by atoms with Gasteiger partial charge in [0, 0.05) is 18.9 Å². The number of carbonyl (C=O) groups excluding carboxylic acids is 1. The number of rotatable bonds is 3. The van der Waals surface area contributed by atoms with Crippen molar-refractivity contribution in [1.29, 1.82) is 0 Å². The zero-order chi connectivity index (χ0) is 7.40. The first kappa shape index (κ1) is 7.73. The predicted molar refractivity (Wildman–Crippen MR) is 38.7 cm³/mol. The maximum atomic E-state index is 11.1. The smallest absolute Gasteiger partial charge is 0.138 e. The molecule has 0 heterocycles. The van der Waals surface area contributed by atoms with E-state index in [1.165, 1.54) is 12.8 Å². The first-order chi connectivity index (χ1) is 4.84. The van der Waals surface area contributed by atoms with Crippen molar-refractivity contribution in [2.24, 2.45) is 5.92 Å². The third-order valence-corrected chi connectivity index (χ3v) is 2.17. The van der Waals surface area contributed by atoms with Gasteiger partial charge in [-0.05, 0) is 12.8 Å². The summed E-state index contributed by atoms with van der Waals surface area (Å²) in [6, 6.07) is 0. The molecule has 0 radical (unpaired) electrons. The largest absolute Gasteiger partial charge is 0.396 e. The summed E-state index contributed by atoms with van der Waals surface area (Å²) in [6.45, 7) is 0.0231. The van der Waals surface area contributed by atoms with E-state index in [0.717, 1.165) is 12.8 Å². The molecule has 1 aliphatic carbocycles. The summed E-state index contributed by atoms with van der Waals surface area (Å²) >= 11 is 0. The Morgan fingerprint density at radius 1 is 1.40 bits per heavy atom. The molecule has 0 aromatic rings. The second kappa shape index (κ2) is 3.71. The van der Waals surface area contributed by atoms with E-state index in [4.69, 9.17) is 5.11 Å². The van der Waals surface area contributed by atoms with E-state index < -0.39 is 0 Å². The Hall–Kier alpha value is -0.370. The second-order valence-corrected chi connectivity index (χ2v) is 2.92. The Labute approximate surface area is 61.2 Å². The highest BCUT2D eigenvalue weighted by molar-refractivity contribution is 5.81. The van der Waals surface area contributed by atoms with Crippen molar-refractivity contribution in [1.82, 2.24) is 0 Å². The molecule has 58 valence electrons. The van der Waals surface area contributed by atoms with Crippen molar-refractivity contribution in [3.8, 4) is 0 Å². The molecule has 10 heavy (non-hydrogen) atoms. The van der Waals surface area contributed by atoms with Crippen LogP contribution in [0.1, 0.15) is 32.1 Å². The normalized spacial score (nSPS) is 19.7. The number of hydrogen-bond donors (Lipinski definition) is 1. The summed E-state index contributed by atoms with van der Waals surface area (Å²) in [6.07, 6.45) is 4.87. The molecule has 1 fully saturated rings. The zero-order valence-electron chi connectivity index (χ0n) is 6.18. The molecule has 0 amide bonds. The summed E-state index contributed by atoms with van der Waals surface area (Å²) in [5.41, 5.74) is 0. The van der Waals surface area contributed by atoms with Gasteiger partial charge in [-0.15, -0.1) is 0 Å². The van der Waals surface area contributed by atoms with Crippen LogP contribution in [0.3, 0.4) is 0 Å². The molecule has 0 bridgehead atoms. The van der Waals surface area contributed by atoms with Crippen LogP contribution in [0.25, 0.3) is 0 Å². The first-order valence-corrected chi connectivity index (χ1v) is 3.98. The lowest BCUT2D eigenvalue weighted by Gasteiger charge is -2.04. The number of aliphatic hydroxyl groups excluding tert-OH is 1. The maximum absolute atomic E-state index is 11.1. The molecule has 2 heteroatoms. The van der Waals surface area contributed by atoms with Gasteiger partial charge in [0.05, 0.1) is 0 Å². The van der Waals surface area contributed by atoms with Gasteiger partial charge in [-0.2, -0.15) is 0 Å². The fourth-order valence-electron chi connectivity index (χ4n) is 1.56. The molecule has 0 spiro atoms. The van der Waals surface area contributed by atoms with Gasteiger partial charge in [0.2, 0.25) is 0 Å². The molecule has 2 nitrogen and oxygen atoms in total. The van der Waals surface area contributed by atoms with Gasteiger partial charge < -0.3 is 5.11 Å². The molecule has 1 rings (SSSR count). The van der Waals surface area contributed by atoms with Crippen molar-refractivity contribution < 1.29 is 9.90 Å². The average Bonchev–Trinajstić information content (AvgIpc) is 2.38. The number of Topliss-reactive ketones (excluding diaryl/α,β-unsaturated/α-hetero) is 1. The Morgan fingerprint density at radius 2 is 2.00 bits per heavy atom. The van der Waals surface area contributed by atoms with E-state index in [2.05, 4.69) is 0 Å². The molecule has 0 unspecified atom stereocenters. The Kier molecular flexibility index (Phi) is 2.87. The molecule has 0 aliphatic heterocycles. The van der Waals surface area contributed by atoms with Crippen LogP contribution in [0, 0.1) is 5.92 Å². The van der Waals surface area contributed by atoms with Crippen molar-refractivity contribution in [2.75, 3.05) is 6.61 Å². The van der Waals surface area contributed by atoms with Crippen LogP contribution in [0.2, 0.25) is 0 Å². The lowest BCUT2D eigenvalue weighted by Crippen LogP contribution is -2.11. The maximum Gasteiger partial charge on any atom is 0.138 e. The number of ketones is 1. The molecule has 0 aromatic carbocycles. The predicted octanol–water partition coefficient (Wildman–Crippen LogP) is 1.13. The Bertz CT molecular complexity index is 114. The van der Waals surface area contributed by atoms with Crippen LogP contribution < -0.4 is 0 Å². The van der Waals surface area contributed by atoms with Gasteiger partial charge in [0.25, 0.3) is 0 Å². The minimum absolute atomic E-state index is 0.0231. The third kappa shape index (κ3) is 1.81. The van der Waals surface area contributed by atoms with Crippen molar-refractivity contribution in [3.05, 3.63) is 0 Å². The highest BCUT2D eigenvalue weighted by atomic mass is 16.3. The minimum Gasteiger partial charge on any atom is -0.396 e. The third-order valence-electron chi connectivity index (χ3n) is 2.17. The fourth-order valence-corrected chi connectivity index (χ4v) is 1.56. The summed E-state index contributed by atoms with van der Waals surface area (Å²) < 4.78 is 0. The standard InChI is InChI=1S/C8H14O2/c9-6-5-8(10)7-3-1-2-4-7/h7,9H,1-6H2. The van der Waals surface area contributed by atoms with E-state index in [0.29, 0.717) is 6.42 Å². The molecular formula is C8H14O2. The van der Waals surface area contributed by atoms with Gasteiger partial charge in [0.1, 0.15) is 5.78 Å². The van der Waals surface area contributed by atoms with E-state index >= 15 is 0 Å². The van der Waals surface area contributed by atoms with Gasteiger partial charge in [0.15, 0.2) is 0 Å². The summed E-state index contributed by atoms with van der Waals surface area (Å²) in [7, 11) is 0. The van der Waals surface area contributed by atoms with E-state index in [9.17, 15) is 4.79 Å². The Morgan fingerprint density at radius 3 is 2.50 bits per heavy atom. The molecule has 1 saturated carbocycles. The molecule has 0 aromatic heterocycles. The van der Waals surface area contributed by atoms with Crippen LogP contribution in [0.5, 0.6) is 0 Å². The van der Waals surface area contributed by atoms with Gasteiger partial charge in [-0.25, -0.2) is 0 Å². The summed E-state index contributed by atoms with van der Waals surface area (Å²) in [4.78, 5) is 11.1. The van der Waals surface area contributed by atoms with E-state index in [-0.39, 0.29) is 18.3 Å². The minimum atomic E-state index is 0.0231. The van der Waals surface area contributed by atoms with Crippen LogP contribution in [0.15, 0.2) is 0 Å². The quantitative estimate of drug-likeness (QED) is 0.641. The van der Waals surface area contributed by atoms with Crippen LogP contribution >= 0.6 is 0 Å². The number of carbonyl (C=O) groups is 1. The van der Waals surface area contributed by atoms with Gasteiger partial charge in [-0.3, -0.25) is 4.79 Å². The molecule has 1 N–H and O–H groups in total. The van der Waals surface area contributed by atoms with Crippen molar-refractivity contribution in [3.63, 3.8) is 0 Å². The van der Waals surface area contributed by atoms with E-state index in [1.54, 1.807) is 0 Å². The molecule has 1 aliphatic rings.